The highest BCUT2D eigenvalue weighted by atomic mass is 32.2. The molecule has 2 aromatic rings. The molecule has 0 heterocycles. The molecule has 0 saturated heterocycles. The highest BCUT2D eigenvalue weighted by Crippen LogP contribution is 2.12. The third-order valence-electron chi connectivity index (χ3n) is 4.49. The Balaban J connectivity index is 1.94. The molecule has 0 fully saturated rings. The molecule has 0 saturated carbocycles. The molecule has 8 heteroatoms. The largest absolute Gasteiger partial charge is 0.454 e. The first-order valence-electron chi connectivity index (χ1n) is 9.69. The number of nitrogens with one attached hydrogen (secondary N) is 1. The fourth-order valence-electron chi connectivity index (χ4n) is 2.75. The molecule has 0 unspecified atom stereocenters. The minimum Gasteiger partial charge on any atom is -0.454 e. The van der Waals surface area contributed by atoms with E-state index in [-0.39, 0.29) is 16.8 Å². The van der Waals surface area contributed by atoms with Crippen LogP contribution in [0.3, 0.4) is 0 Å². The second-order valence-corrected chi connectivity index (χ2v) is 9.08. The van der Waals surface area contributed by atoms with Crippen LogP contribution in [0.15, 0.2) is 59.5 Å². The molecule has 162 valence electrons. The van der Waals surface area contributed by atoms with Gasteiger partial charge in [0.05, 0.1) is 4.90 Å². The van der Waals surface area contributed by atoms with Gasteiger partial charge in [0.25, 0.3) is 5.91 Å². The number of sulfonamides is 1. The molecule has 0 aliphatic carbocycles. The Morgan fingerprint density at radius 3 is 2.17 bits per heavy atom. The zero-order chi connectivity index (χ0) is 22.3. The highest BCUT2D eigenvalue weighted by molar-refractivity contribution is 7.89. The van der Waals surface area contributed by atoms with Crippen LogP contribution in [0.25, 0.3) is 0 Å². The topological polar surface area (TPSA) is 92.8 Å². The molecule has 0 aromatic heterocycles. The molecule has 0 spiro atoms. The number of amides is 1. The van der Waals surface area contributed by atoms with Crippen LogP contribution in [-0.4, -0.2) is 43.9 Å². The summed E-state index contributed by atoms with van der Waals surface area (Å²) in [5.74, 6) is -1.17. The van der Waals surface area contributed by atoms with Gasteiger partial charge in [-0.3, -0.25) is 9.59 Å². The predicted molar refractivity (Wildman–Crippen MR) is 114 cm³/mol. The Kier molecular flexibility index (Phi) is 8.14. The first-order valence-corrected chi connectivity index (χ1v) is 11.2. The van der Waals surface area contributed by atoms with Gasteiger partial charge < -0.3 is 9.64 Å². The minimum absolute atomic E-state index is 0.0534. The van der Waals surface area contributed by atoms with E-state index in [1.54, 1.807) is 17.0 Å². The van der Waals surface area contributed by atoms with Gasteiger partial charge in [-0.05, 0) is 45.4 Å². The summed E-state index contributed by atoms with van der Waals surface area (Å²) >= 11 is 0. The van der Waals surface area contributed by atoms with Crippen LogP contribution in [0.5, 0.6) is 0 Å². The molecular weight excluding hydrogens is 404 g/mol. The maximum Gasteiger partial charge on any atom is 0.324 e. The SMILES string of the molecule is Cc1ccc(S(=O)(=O)N[C@@H](C)C(=O)OCC(=O)N(Cc2ccccc2)C(C)C)cc1. The van der Waals surface area contributed by atoms with E-state index in [0.717, 1.165) is 11.1 Å². The van der Waals surface area contributed by atoms with Gasteiger partial charge in [-0.25, -0.2) is 8.42 Å². The first-order chi connectivity index (χ1) is 14.1. The highest BCUT2D eigenvalue weighted by Gasteiger charge is 2.25. The first kappa shape index (κ1) is 23.6. The zero-order valence-electron chi connectivity index (χ0n) is 17.7. The van der Waals surface area contributed by atoms with E-state index in [2.05, 4.69) is 4.72 Å². The molecule has 1 atom stereocenters. The van der Waals surface area contributed by atoms with Gasteiger partial charge in [0.15, 0.2) is 6.61 Å². The van der Waals surface area contributed by atoms with Crippen molar-refractivity contribution in [2.75, 3.05) is 6.61 Å². The Hall–Kier alpha value is -2.71. The maximum absolute atomic E-state index is 12.6. The van der Waals surface area contributed by atoms with Gasteiger partial charge in [-0.2, -0.15) is 4.72 Å². The summed E-state index contributed by atoms with van der Waals surface area (Å²) in [7, 11) is -3.88. The molecule has 1 N–H and O–H groups in total. The molecule has 7 nitrogen and oxygen atoms in total. The summed E-state index contributed by atoms with van der Waals surface area (Å²) in [6.07, 6.45) is 0. The number of carbonyl (C=O) groups is 2. The number of ether oxygens (including phenoxy) is 1. The summed E-state index contributed by atoms with van der Waals surface area (Å²) in [4.78, 5) is 26.5. The number of nitrogens with zero attached hydrogens (tertiary/aromatic N) is 1. The van der Waals surface area contributed by atoms with Crippen molar-refractivity contribution in [2.24, 2.45) is 0 Å². The van der Waals surface area contributed by atoms with Crippen molar-refractivity contribution in [3.8, 4) is 0 Å². The minimum atomic E-state index is -3.88. The lowest BCUT2D eigenvalue weighted by molar-refractivity contribution is -0.154. The van der Waals surface area contributed by atoms with Gasteiger partial charge in [-0.1, -0.05) is 48.0 Å². The van der Waals surface area contributed by atoms with Crippen LogP contribution in [0, 0.1) is 6.92 Å². The van der Waals surface area contributed by atoms with E-state index >= 15 is 0 Å². The van der Waals surface area contributed by atoms with E-state index in [1.165, 1.54) is 19.1 Å². The van der Waals surface area contributed by atoms with Gasteiger partial charge in [-0.15, -0.1) is 0 Å². The number of hydrogen-bond acceptors (Lipinski definition) is 5. The quantitative estimate of drug-likeness (QED) is 0.615. The zero-order valence-corrected chi connectivity index (χ0v) is 18.5. The Morgan fingerprint density at radius 1 is 1.00 bits per heavy atom. The van der Waals surface area contributed by atoms with Crippen LogP contribution in [-0.2, 0) is 30.9 Å². The van der Waals surface area contributed by atoms with Crippen molar-refractivity contribution >= 4 is 21.9 Å². The molecular formula is C22H28N2O5S. The molecule has 2 rings (SSSR count). The van der Waals surface area contributed by atoms with Crippen LogP contribution in [0.4, 0.5) is 0 Å². The Labute approximate surface area is 178 Å². The lowest BCUT2D eigenvalue weighted by atomic mass is 10.2. The van der Waals surface area contributed by atoms with Crippen LogP contribution in [0.1, 0.15) is 31.9 Å². The lowest BCUT2D eigenvalue weighted by Gasteiger charge is -2.27. The van der Waals surface area contributed by atoms with Gasteiger partial charge >= 0.3 is 5.97 Å². The van der Waals surface area contributed by atoms with E-state index in [4.69, 9.17) is 4.74 Å². The standard InChI is InChI=1S/C22H28N2O5S/c1-16(2)24(14-19-8-6-5-7-9-19)21(25)15-29-22(26)18(4)23-30(27,28)20-12-10-17(3)11-13-20/h5-13,16,18,23H,14-15H2,1-4H3/t18-/m0/s1. The smallest absolute Gasteiger partial charge is 0.324 e. The molecule has 1 amide bonds. The van der Waals surface area contributed by atoms with Gasteiger partial charge in [0, 0.05) is 12.6 Å². The van der Waals surface area contributed by atoms with Crippen molar-refractivity contribution in [3.63, 3.8) is 0 Å². The number of aryl methyl sites for hydroxylation is 1. The monoisotopic (exact) mass is 432 g/mol. The summed E-state index contributed by atoms with van der Waals surface area (Å²) in [6.45, 7) is 6.91. The van der Waals surface area contributed by atoms with Crippen molar-refractivity contribution < 1.29 is 22.7 Å². The predicted octanol–water partition coefficient (Wildman–Crippen LogP) is 2.64. The summed E-state index contributed by atoms with van der Waals surface area (Å²) < 4.78 is 32.2. The molecule has 2 aromatic carbocycles. The van der Waals surface area contributed by atoms with E-state index < -0.39 is 28.6 Å². The fraction of sp³-hybridized carbons (Fsp3) is 0.364. The molecule has 0 radical (unpaired) electrons. The maximum atomic E-state index is 12.6. The van der Waals surface area contributed by atoms with Crippen molar-refractivity contribution in [1.82, 2.24) is 9.62 Å². The van der Waals surface area contributed by atoms with E-state index in [1.807, 2.05) is 51.1 Å². The third-order valence-corrected chi connectivity index (χ3v) is 6.05. The Morgan fingerprint density at radius 2 is 1.60 bits per heavy atom. The third kappa shape index (κ3) is 6.67. The summed E-state index contributed by atoms with van der Waals surface area (Å²) in [6, 6.07) is 14.5. The van der Waals surface area contributed by atoms with E-state index in [9.17, 15) is 18.0 Å². The van der Waals surface area contributed by atoms with Crippen LogP contribution < -0.4 is 4.72 Å². The Bertz CT molecular complexity index is 957. The lowest BCUT2D eigenvalue weighted by Crippen LogP contribution is -2.42. The molecule has 0 bridgehead atoms. The number of rotatable bonds is 9. The van der Waals surface area contributed by atoms with Crippen LogP contribution >= 0.6 is 0 Å². The van der Waals surface area contributed by atoms with Crippen molar-refractivity contribution in [3.05, 3.63) is 65.7 Å². The fourth-order valence-corrected chi connectivity index (χ4v) is 3.94. The average molecular weight is 433 g/mol. The second kappa shape index (κ2) is 10.4. The van der Waals surface area contributed by atoms with Crippen molar-refractivity contribution in [2.45, 2.75) is 51.2 Å². The summed E-state index contributed by atoms with van der Waals surface area (Å²) in [5.41, 5.74) is 1.88. The molecule has 30 heavy (non-hydrogen) atoms. The second-order valence-electron chi connectivity index (χ2n) is 7.36. The number of esters is 1. The van der Waals surface area contributed by atoms with Gasteiger partial charge in [0.1, 0.15) is 6.04 Å². The number of hydrogen-bond donors (Lipinski definition) is 1. The number of benzene rings is 2. The van der Waals surface area contributed by atoms with E-state index in [0.29, 0.717) is 6.54 Å². The normalized spacial score (nSPS) is 12.4. The van der Waals surface area contributed by atoms with Crippen LogP contribution in [0.2, 0.25) is 0 Å². The molecule has 0 aliphatic heterocycles. The van der Waals surface area contributed by atoms with Crippen molar-refractivity contribution in [1.29, 1.82) is 0 Å². The van der Waals surface area contributed by atoms with Gasteiger partial charge in [0.2, 0.25) is 10.0 Å². The number of carbonyl (C=O) groups excluding carboxylic acids is 2. The molecule has 0 aliphatic rings. The average Bonchev–Trinajstić information content (AvgIpc) is 2.70. The summed E-state index contributed by atoms with van der Waals surface area (Å²) in [5, 5.41) is 0.